The summed E-state index contributed by atoms with van der Waals surface area (Å²) in [5.41, 5.74) is 0. The predicted molar refractivity (Wildman–Crippen MR) is 92.2 cm³/mol. The molecule has 0 atom stereocenters. The third-order valence-corrected chi connectivity index (χ3v) is 4.62. The minimum atomic E-state index is -1.35. The van der Waals surface area contributed by atoms with Crippen LogP contribution in [0.1, 0.15) is 78.6 Å². The molecule has 0 unspecified atom stereocenters. The van der Waals surface area contributed by atoms with E-state index in [1.807, 2.05) is 0 Å². The van der Waals surface area contributed by atoms with Crippen LogP contribution < -0.4 is 0 Å². The average molecular weight is 379 g/mol. The van der Waals surface area contributed by atoms with Crippen LogP contribution in [0, 0.1) is 0 Å². The van der Waals surface area contributed by atoms with Crippen LogP contribution in [-0.2, 0) is 19.1 Å². The van der Waals surface area contributed by atoms with E-state index < -0.39 is 16.3 Å². The quantitative estimate of drug-likeness (QED) is 0.200. The lowest BCUT2D eigenvalue weighted by Crippen LogP contribution is -2.43. The Labute approximate surface area is 143 Å². The molecule has 0 aliphatic rings. The van der Waals surface area contributed by atoms with Gasteiger partial charge in [0.1, 0.15) is 0 Å². The van der Waals surface area contributed by atoms with Crippen molar-refractivity contribution < 1.29 is 19.1 Å². The van der Waals surface area contributed by atoms with Crippen LogP contribution in [0.25, 0.3) is 0 Å². The molecule has 0 aromatic rings. The standard InChI is InChI=1S/C17H31BrO4/c1-4-7-8-9-10-11-12-13-14-17(18,15(19)21-5-2)16(20)22-6-3/h4-14H2,1-3H3. The summed E-state index contributed by atoms with van der Waals surface area (Å²) in [5, 5.41) is 0. The summed E-state index contributed by atoms with van der Waals surface area (Å²) in [6.45, 7) is 6.17. The van der Waals surface area contributed by atoms with Crippen molar-refractivity contribution in [1.82, 2.24) is 0 Å². The zero-order chi connectivity index (χ0) is 16.8. The molecule has 0 aromatic heterocycles. The Bertz CT molecular complexity index is 300. The van der Waals surface area contributed by atoms with Crippen molar-refractivity contribution >= 4 is 27.9 Å². The fourth-order valence-corrected chi connectivity index (χ4v) is 2.79. The topological polar surface area (TPSA) is 52.6 Å². The van der Waals surface area contributed by atoms with Crippen LogP contribution in [0.4, 0.5) is 0 Å². The second-order valence-electron chi connectivity index (χ2n) is 5.47. The summed E-state index contributed by atoms with van der Waals surface area (Å²) >= 11 is 3.27. The van der Waals surface area contributed by atoms with Gasteiger partial charge in [0.15, 0.2) is 0 Å². The summed E-state index contributed by atoms with van der Waals surface area (Å²) < 4.78 is 8.67. The number of esters is 2. The predicted octanol–water partition coefficient (Wildman–Crippen LogP) is 4.78. The molecule has 0 heterocycles. The highest BCUT2D eigenvalue weighted by molar-refractivity contribution is 9.10. The summed E-state index contributed by atoms with van der Waals surface area (Å²) in [5.74, 6) is -1.09. The number of carbonyl (C=O) groups is 2. The molecule has 0 saturated carbocycles. The molecule has 0 rings (SSSR count). The van der Waals surface area contributed by atoms with Crippen molar-refractivity contribution in [1.29, 1.82) is 0 Å². The Morgan fingerprint density at radius 2 is 1.18 bits per heavy atom. The second-order valence-corrected chi connectivity index (χ2v) is 6.82. The largest absolute Gasteiger partial charge is 0.465 e. The van der Waals surface area contributed by atoms with E-state index in [-0.39, 0.29) is 13.2 Å². The number of halogens is 1. The van der Waals surface area contributed by atoms with Crippen LogP contribution in [0.2, 0.25) is 0 Å². The van der Waals surface area contributed by atoms with Crippen LogP contribution in [0.5, 0.6) is 0 Å². The van der Waals surface area contributed by atoms with Gasteiger partial charge in [0, 0.05) is 0 Å². The highest BCUT2D eigenvalue weighted by Crippen LogP contribution is 2.29. The van der Waals surface area contributed by atoms with Crippen LogP contribution in [0.15, 0.2) is 0 Å². The fourth-order valence-electron chi connectivity index (χ4n) is 2.28. The van der Waals surface area contributed by atoms with Gasteiger partial charge in [0.05, 0.1) is 13.2 Å². The van der Waals surface area contributed by atoms with Gasteiger partial charge in [-0.15, -0.1) is 0 Å². The Balaban J connectivity index is 4.19. The SMILES string of the molecule is CCCCCCCCCCC(Br)(C(=O)OCC)C(=O)OCC. The Morgan fingerprint density at radius 3 is 1.59 bits per heavy atom. The number of hydrogen-bond acceptors (Lipinski definition) is 4. The Kier molecular flexibility index (Phi) is 12.6. The molecule has 0 fully saturated rings. The van der Waals surface area contributed by atoms with Crippen LogP contribution >= 0.6 is 15.9 Å². The van der Waals surface area contributed by atoms with Gasteiger partial charge in [0.2, 0.25) is 4.32 Å². The smallest absolute Gasteiger partial charge is 0.334 e. The molecule has 0 N–H and O–H groups in total. The molecule has 0 aliphatic heterocycles. The van der Waals surface area contributed by atoms with E-state index in [0.29, 0.717) is 6.42 Å². The van der Waals surface area contributed by atoms with E-state index >= 15 is 0 Å². The summed E-state index contributed by atoms with van der Waals surface area (Å²) in [6, 6.07) is 0. The molecule has 5 heteroatoms. The maximum Gasteiger partial charge on any atom is 0.334 e. The van der Waals surface area contributed by atoms with Gasteiger partial charge in [-0.05, 0) is 20.3 Å². The zero-order valence-electron chi connectivity index (χ0n) is 14.3. The van der Waals surface area contributed by atoms with Gasteiger partial charge in [-0.2, -0.15) is 0 Å². The number of ether oxygens (including phenoxy) is 2. The molecular weight excluding hydrogens is 348 g/mol. The minimum Gasteiger partial charge on any atom is -0.465 e. The lowest BCUT2D eigenvalue weighted by Gasteiger charge is -2.23. The highest BCUT2D eigenvalue weighted by atomic mass is 79.9. The van der Waals surface area contributed by atoms with E-state index in [9.17, 15) is 9.59 Å². The van der Waals surface area contributed by atoms with Crippen molar-refractivity contribution in [3.05, 3.63) is 0 Å². The average Bonchev–Trinajstić information content (AvgIpc) is 2.50. The molecular formula is C17H31BrO4. The van der Waals surface area contributed by atoms with Gasteiger partial charge in [-0.1, -0.05) is 74.2 Å². The lowest BCUT2D eigenvalue weighted by molar-refractivity contribution is -0.158. The zero-order valence-corrected chi connectivity index (χ0v) is 15.9. The first-order valence-corrected chi connectivity index (χ1v) is 9.35. The van der Waals surface area contributed by atoms with Gasteiger partial charge >= 0.3 is 11.9 Å². The van der Waals surface area contributed by atoms with E-state index in [4.69, 9.17) is 9.47 Å². The van der Waals surface area contributed by atoms with Crippen LogP contribution in [0.3, 0.4) is 0 Å². The number of carbonyl (C=O) groups excluding carboxylic acids is 2. The molecule has 4 nitrogen and oxygen atoms in total. The molecule has 130 valence electrons. The normalized spacial score (nSPS) is 11.3. The molecule has 0 bridgehead atoms. The molecule has 0 radical (unpaired) electrons. The summed E-state index contributed by atoms with van der Waals surface area (Å²) in [7, 11) is 0. The van der Waals surface area contributed by atoms with Crippen molar-refractivity contribution in [3.8, 4) is 0 Å². The van der Waals surface area contributed by atoms with Gasteiger partial charge < -0.3 is 9.47 Å². The van der Waals surface area contributed by atoms with Crippen molar-refractivity contribution in [2.75, 3.05) is 13.2 Å². The van der Waals surface area contributed by atoms with E-state index in [2.05, 4.69) is 22.9 Å². The van der Waals surface area contributed by atoms with Crippen molar-refractivity contribution in [3.63, 3.8) is 0 Å². The fraction of sp³-hybridized carbons (Fsp3) is 0.882. The summed E-state index contributed by atoms with van der Waals surface area (Å²) in [4.78, 5) is 24.1. The molecule has 0 saturated heterocycles. The number of rotatable bonds is 13. The number of unbranched alkanes of at least 4 members (excludes halogenated alkanes) is 7. The van der Waals surface area contributed by atoms with E-state index in [1.165, 1.54) is 32.1 Å². The number of alkyl halides is 1. The lowest BCUT2D eigenvalue weighted by atomic mass is 9.99. The molecule has 0 amide bonds. The monoisotopic (exact) mass is 378 g/mol. The van der Waals surface area contributed by atoms with Gasteiger partial charge in [-0.3, -0.25) is 0 Å². The van der Waals surface area contributed by atoms with E-state index in [1.54, 1.807) is 13.8 Å². The Morgan fingerprint density at radius 1 is 0.773 bits per heavy atom. The second kappa shape index (κ2) is 12.9. The summed E-state index contributed by atoms with van der Waals surface area (Å²) in [6.07, 6.45) is 9.70. The molecule has 22 heavy (non-hydrogen) atoms. The van der Waals surface area contributed by atoms with Crippen molar-refractivity contribution in [2.45, 2.75) is 82.9 Å². The first-order valence-electron chi connectivity index (χ1n) is 8.56. The van der Waals surface area contributed by atoms with Gasteiger partial charge in [-0.25, -0.2) is 9.59 Å². The third kappa shape index (κ3) is 8.16. The first kappa shape index (κ1) is 21.4. The van der Waals surface area contributed by atoms with Crippen molar-refractivity contribution in [2.24, 2.45) is 0 Å². The maximum atomic E-state index is 12.0. The van der Waals surface area contributed by atoms with Gasteiger partial charge in [0.25, 0.3) is 0 Å². The third-order valence-electron chi connectivity index (χ3n) is 3.57. The highest BCUT2D eigenvalue weighted by Gasteiger charge is 2.45. The first-order chi connectivity index (χ1) is 10.5. The van der Waals surface area contributed by atoms with Crippen LogP contribution in [-0.4, -0.2) is 29.5 Å². The Hall–Kier alpha value is -0.580. The molecule has 0 aromatic carbocycles. The molecule has 0 spiro atoms. The number of hydrogen-bond donors (Lipinski definition) is 0. The maximum absolute atomic E-state index is 12.0. The van der Waals surface area contributed by atoms with E-state index in [0.717, 1.165) is 19.3 Å². The molecule has 0 aliphatic carbocycles. The minimum absolute atomic E-state index is 0.253.